The Hall–Kier alpha value is -3.52. The number of carbonyl (C=O) groups is 1. The van der Waals surface area contributed by atoms with Crippen molar-refractivity contribution in [3.05, 3.63) is 77.9 Å². The standard InChI is InChI=1S/C24H26N2O5S/c1-17-5-9-19(10-6-17)26(32(28,29)21-12-7-18(2)8-13-21)16-24(27)25-22-14-11-20(30-3)15-23(22)31-4/h5-15H,16H2,1-4H3,(H,25,27). The third kappa shape index (κ3) is 5.20. The van der Waals surface area contributed by atoms with E-state index in [1.165, 1.54) is 26.4 Å². The molecule has 1 N–H and O–H groups in total. The molecule has 0 radical (unpaired) electrons. The first-order chi connectivity index (χ1) is 15.2. The highest BCUT2D eigenvalue weighted by Crippen LogP contribution is 2.30. The zero-order chi connectivity index (χ0) is 23.3. The van der Waals surface area contributed by atoms with Crippen molar-refractivity contribution in [2.75, 3.05) is 30.4 Å². The molecule has 0 unspecified atom stereocenters. The number of ether oxygens (including phenoxy) is 2. The van der Waals surface area contributed by atoms with Crippen molar-refractivity contribution in [2.45, 2.75) is 18.7 Å². The lowest BCUT2D eigenvalue weighted by Gasteiger charge is -2.24. The Morgan fingerprint density at radius 1 is 0.875 bits per heavy atom. The average Bonchev–Trinajstić information content (AvgIpc) is 2.78. The van der Waals surface area contributed by atoms with Crippen molar-refractivity contribution in [3.8, 4) is 11.5 Å². The Morgan fingerprint density at radius 3 is 2.03 bits per heavy atom. The normalized spacial score (nSPS) is 11.0. The fourth-order valence-corrected chi connectivity index (χ4v) is 4.51. The van der Waals surface area contributed by atoms with Crippen molar-refractivity contribution in [2.24, 2.45) is 0 Å². The van der Waals surface area contributed by atoms with Crippen LogP contribution in [0.5, 0.6) is 11.5 Å². The van der Waals surface area contributed by atoms with Gasteiger partial charge in [0.2, 0.25) is 5.91 Å². The number of benzene rings is 3. The lowest BCUT2D eigenvalue weighted by Crippen LogP contribution is -2.38. The Bertz CT molecular complexity index is 1190. The minimum absolute atomic E-state index is 0.110. The van der Waals surface area contributed by atoms with Crippen LogP contribution < -0.4 is 19.1 Å². The molecule has 1 amide bonds. The van der Waals surface area contributed by atoms with Gasteiger partial charge in [-0.05, 0) is 50.2 Å². The maximum absolute atomic E-state index is 13.4. The number of aryl methyl sites for hydroxylation is 2. The van der Waals surface area contributed by atoms with Gasteiger partial charge in [0.25, 0.3) is 10.0 Å². The molecule has 0 saturated carbocycles. The van der Waals surface area contributed by atoms with Crippen molar-refractivity contribution < 1.29 is 22.7 Å². The number of hydrogen-bond donors (Lipinski definition) is 1. The lowest BCUT2D eigenvalue weighted by molar-refractivity contribution is -0.114. The summed E-state index contributed by atoms with van der Waals surface area (Å²) in [4.78, 5) is 13.0. The van der Waals surface area contributed by atoms with Crippen LogP contribution in [-0.2, 0) is 14.8 Å². The van der Waals surface area contributed by atoms with E-state index in [4.69, 9.17) is 9.47 Å². The van der Waals surface area contributed by atoms with E-state index in [1.54, 1.807) is 54.6 Å². The van der Waals surface area contributed by atoms with Crippen LogP contribution in [0.25, 0.3) is 0 Å². The summed E-state index contributed by atoms with van der Waals surface area (Å²) < 4.78 is 38.4. The molecule has 0 fully saturated rings. The Labute approximate surface area is 188 Å². The van der Waals surface area contributed by atoms with Crippen molar-refractivity contribution in [3.63, 3.8) is 0 Å². The van der Waals surface area contributed by atoms with Crippen molar-refractivity contribution in [1.29, 1.82) is 0 Å². The van der Waals surface area contributed by atoms with Crippen LogP contribution >= 0.6 is 0 Å². The first kappa shape index (κ1) is 23.1. The summed E-state index contributed by atoms with van der Waals surface area (Å²) in [6.07, 6.45) is 0. The molecule has 3 aromatic rings. The van der Waals surface area contributed by atoms with Crippen LogP contribution in [0.2, 0.25) is 0 Å². The van der Waals surface area contributed by atoms with Crippen LogP contribution in [-0.4, -0.2) is 35.1 Å². The second kappa shape index (κ2) is 9.74. The van der Waals surface area contributed by atoms with Gasteiger partial charge >= 0.3 is 0 Å². The van der Waals surface area contributed by atoms with Gasteiger partial charge in [-0.3, -0.25) is 9.10 Å². The molecule has 7 nitrogen and oxygen atoms in total. The molecular weight excluding hydrogens is 428 g/mol. The molecule has 0 aliphatic carbocycles. The number of nitrogens with one attached hydrogen (secondary N) is 1. The summed E-state index contributed by atoms with van der Waals surface area (Å²) in [6.45, 7) is 3.38. The molecule has 0 heterocycles. The maximum atomic E-state index is 13.4. The van der Waals surface area contributed by atoms with Gasteiger partial charge in [0.1, 0.15) is 18.0 Å². The van der Waals surface area contributed by atoms with Gasteiger partial charge in [-0.1, -0.05) is 35.4 Å². The van der Waals surface area contributed by atoms with Gasteiger partial charge in [-0.25, -0.2) is 8.42 Å². The SMILES string of the molecule is COc1ccc(NC(=O)CN(c2ccc(C)cc2)S(=O)(=O)c2ccc(C)cc2)c(OC)c1. The fourth-order valence-electron chi connectivity index (χ4n) is 3.09. The van der Waals surface area contributed by atoms with Crippen LogP contribution in [0.4, 0.5) is 11.4 Å². The summed E-state index contributed by atoms with van der Waals surface area (Å²) in [5.41, 5.74) is 2.73. The van der Waals surface area contributed by atoms with Gasteiger partial charge in [-0.2, -0.15) is 0 Å². The number of sulfonamides is 1. The van der Waals surface area contributed by atoms with E-state index in [1.807, 2.05) is 13.8 Å². The quantitative estimate of drug-likeness (QED) is 0.553. The number of hydrogen-bond acceptors (Lipinski definition) is 5. The van der Waals surface area contributed by atoms with Crippen LogP contribution in [0.3, 0.4) is 0 Å². The molecule has 0 saturated heterocycles. The van der Waals surface area contributed by atoms with Crippen molar-refractivity contribution in [1.82, 2.24) is 0 Å². The summed E-state index contributed by atoms with van der Waals surface area (Å²) >= 11 is 0. The van der Waals surface area contributed by atoms with Gasteiger partial charge in [0.15, 0.2) is 0 Å². The van der Waals surface area contributed by atoms with Gasteiger partial charge < -0.3 is 14.8 Å². The number of carbonyl (C=O) groups excluding carboxylic acids is 1. The second-order valence-electron chi connectivity index (χ2n) is 7.27. The van der Waals surface area contributed by atoms with Gasteiger partial charge in [0, 0.05) is 6.07 Å². The molecule has 0 aliphatic heterocycles. The first-order valence-electron chi connectivity index (χ1n) is 9.92. The van der Waals surface area contributed by atoms with Gasteiger partial charge in [-0.15, -0.1) is 0 Å². The van der Waals surface area contributed by atoms with Crippen molar-refractivity contribution >= 4 is 27.3 Å². The van der Waals surface area contributed by atoms with Gasteiger partial charge in [0.05, 0.1) is 30.5 Å². The number of amides is 1. The largest absolute Gasteiger partial charge is 0.497 e. The van der Waals surface area contributed by atoms with E-state index >= 15 is 0 Å². The fraction of sp³-hybridized carbons (Fsp3) is 0.208. The molecule has 8 heteroatoms. The Balaban J connectivity index is 1.93. The number of methoxy groups -OCH3 is 2. The van der Waals surface area contributed by atoms with E-state index in [-0.39, 0.29) is 4.90 Å². The molecule has 3 aromatic carbocycles. The molecule has 168 valence electrons. The third-order valence-electron chi connectivity index (χ3n) is 4.90. The Morgan fingerprint density at radius 2 is 1.47 bits per heavy atom. The second-order valence-corrected chi connectivity index (χ2v) is 9.14. The zero-order valence-electron chi connectivity index (χ0n) is 18.5. The van der Waals surface area contributed by atoms with E-state index in [2.05, 4.69) is 5.32 Å². The minimum atomic E-state index is -3.98. The molecule has 32 heavy (non-hydrogen) atoms. The summed E-state index contributed by atoms with van der Waals surface area (Å²) in [5.74, 6) is 0.466. The molecule has 0 atom stereocenters. The summed E-state index contributed by atoms with van der Waals surface area (Å²) in [6, 6.07) is 18.5. The van der Waals surface area contributed by atoms with E-state index in [9.17, 15) is 13.2 Å². The van der Waals surface area contributed by atoms with E-state index in [0.717, 1.165) is 15.4 Å². The monoisotopic (exact) mass is 454 g/mol. The maximum Gasteiger partial charge on any atom is 0.264 e. The number of nitrogens with zero attached hydrogens (tertiary/aromatic N) is 1. The smallest absolute Gasteiger partial charge is 0.264 e. The molecule has 0 bridgehead atoms. The van der Waals surface area contributed by atoms with E-state index < -0.39 is 22.5 Å². The predicted molar refractivity (Wildman–Crippen MR) is 125 cm³/mol. The summed E-state index contributed by atoms with van der Waals surface area (Å²) in [7, 11) is -0.969. The zero-order valence-corrected chi connectivity index (χ0v) is 19.3. The highest BCUT2D eigenvalue weighted by Gasteiger charge is 2.27. The number of rotatable bonds is 8. The molecule has 0 aliphatic rings. The van der Waals surface area contributed by atoms with Crippen LogP contribution in [0.15, 0.2) is 71.6 Å². The molecule has 0 spiro atoms. The Kier molecular flexibility index (Phi) is 7.05. The highest BCUT2D eigenvalue weighted by molar-refractivity contribution is 7.92. The topological polar surface area (TPSA) is 84.9 Å². The molecule has 0 aromatic heterocycles. The molecular formula is C24H26N2O5S. The van der Waals surface area contributed by atoms with Crippen LogP contribution in [0.1, 0.15) is 11.1 Å². The summed E-state index contributed by atoms with van der Waals surface area (Å²) in [5, 5.41) is 2.73. The van der Waals surface area contributed by atoms with E-state index in [0.29, 0.717) is 22.9 Å². The first-order valence-corrected chi connectivity index (χ1v) is 11.4. The molecule has 3 rings (SSSR count). The third-order valence-corrected chi connectivity index (χ3v) is 6.69. The predicted octanol–water partition coefficient (Wildman–Crippen LogP) is 4.15. The lowest BCUT2D eigenvalue weighted by atomic mass is 10.2. The number of anilines is 2. The average molecular weight is 455 g/mol. The van der Waals surface area contributed by atoms with Crippen LogP contribution in [0, 0.1) is 13.8 Å². The highest BCUT2D eigenvalue weighted by atomic mass is 32.2. The minimum Gasteiger partial charge on any atom is -0.497 e.